The van der Waals surface area contributed by atoms with Gasteiger partial charge in [-0.1, -0.05) is 6.92 Å². The number of ether oxygens (including phenoxy) is 4. The second-order valence-electron chi connectivity index (χ2n) is 8.20. The minimum Gasteiger partial charge on any atom is -0.465 e. The topological polar surface area (TPSA) is 112 Å². The summed E-state index contributed by atoms with van der Waals surface area (Å²) in [5.74, 6) is -1.45. The van der Waals surface area contributed by atoms with Crippen molar-refractivity contribution in [2.24, 2.45) is 10.8 Å². The molecule has 7 atom stereocenters. The van der Waals surface area contributed by atoms with E-state index in [1.807, 2.05) is 6.92 Å². The molecule has 2 aliphatic heterocycles. The van der Waals surface area contributed by atoms with E-state index in [2.05, 4.69) is 0 Å². The normalized spacial score (nSPS) is 47.3. The number of rotatable bonds is 3. The van der Waals surface area contributed by atoms with Gasteiger partial charge >= 0.3 is 11.9 Å². The van der Waals surface area contributed by atoms with Gasteiger partial charge in [-0.2, -0.15) is 0 Å². The molecule has 2 heterocycles. The number of Topliss-reactive ketones (excluding diaryl/α,β-unsaturated/α-hetero) is 1. The number of carbonyl (C=O) groups is 3. The fourth-order valence-corrected chi connectivity index (χ4v) is 5.53. The van der Waals surface area contributed by atoms with Crippen molar-refractivity contribution in [3.05, 3.63) is 11.6 Å². The number of carbonyl (C=O) groups excluding carboxylic acids is 3. The third-order valence-corrected chi connectivity index (χ3v) is 7.06. The molecule has 0 unspecified atom stereocenters. The second-order valence-corrected chi connectivity index (χ2v) is 8.20. The van der Waals surface area contributed by atoms with Crippen molar-refractivity contribution in [3.63, 3.8) is 0 Å². The monoisotopic (exact) mass is 380 g/mol. The summed E-state index contributed by atoms with van der Waals surface area (Å²) >= 11 is 0. The standard InChI is InChI=1S/C19H24O8/c1-9-5-13-18(7-24-10(2)20,16(23)15(9)22)17(4)12(26-11(3)21)6-14(27-13)19(17)8-25-19/h5,12-14,16,23H,6-8H2,1-4H3/t12-,13-,14-,16-,17-,18-,19+/m1/s1. The largest absolute Gasteiger partial charge is 0.465 e. The second kappa shape index (κ2) is 5.62. The zero-order valence-corrected chi connectivity index (χ0v) is 15.8. The van der Waals surface area contributed by atoms with E-state index in [1.54, 1.807) is 13.0 Å². The molecule has 0 aromatic heterocycles. The van der Waals surface area contributed by atoms with E-state index >= 15 is 0 Å². The maximum absolute atomic E-state index is 12.7. The summed E-state index contributed by atoms with van der Waals surface area (Å²) in [5, 5.41) is 11.1. The molecule has 0 aromatic carbocycles. The quantitative estimate of drug-likeness (QED) is 0.550. The van der Waals surface area contributed by atoms with E-state index < -0.39 is 52.5 Å². The van der Waals surface area contributed by atoms with Crippen LogP contribution in [0.2, 0.25) is 0 Å². The Hall–Kier alpha value is -1.77. The highest BCUT2D eigenvalue weighted by Crippen LogP contribution is 2.71. The molecular formula is C19H24O8. The Morgan fingerprint density at radius 2 is 2.00 bits per heavy atom. The first-order chi connectivity index (χ1) is 12.6. The number of aliphatic hydroxyl groups excluding tert-OH is 1. The van der Waals surface area contributed by atoms with Crippen molar-refractivity contribution in [2.75, 3.05) is 13.2 Å². The van der Waals surface area contributed by atoms with E-state index in [-0.39, 0.29) is 12.7 Å². The molecule has 2 bridgehead atoms. The molecule has 0 amide bonds. The summed E-state index contributed by atoms with van der Waals surface area (Å²) in [6, 6.07) is 0. The minimum atomic E-state index is -1.48. The Labute approximate surface area is 156 Å². The van der Waals surface area contributed by atoms with Gasteiger partial charge in [0.25, 0.3) is 0 Å². The van der Waals surface area contributed by atoms with Crippen molar-refractivity contribution in [1.29, 1.82) is 0 Å². The number of epoxide rings is 1. The highest BCUT2D eigenvalue weighted by atomic mass is 16.6. The van der Waals surface area contributed by atoms with Crippen LogP contribution in [0.5, 0.6) is 0 Å². The lowest BCUT2D eigenvalue weighted by molar-refractivity contribution is -0.257. The zero-order valence-electron chi connectivity index (χ0n) is 15.8. The third-order valence-electron chi connectivity index (χ3n) is 7.06. The third kappa shape index (κ3) is 2.12. The molecule has 0 radical (unpaired) electrons. The first-order valence-electron chi connectivity index (χ1n) is 9.11. The lowest BCUT2D eigenvalue weighted by Gasteiger charge is -2.59. The van der Waals surface area contributed by atoms with Gasteiger partial charge in [-0.05, 0) is 18.6 Å². The fourth-order valence-electron chi connectivity index (χ4n) is 5.53. The molecule has 1 N–H and O–H groups in total. The lowest BCUT2D eigenvalue weighted by Crippen LogP contribution is -2.72. The van der Waals surface area contributed by atoms with Crippen LogP contribution < -0.4 is 0 Å². The number of hydrogen-bond acceptors (Lipinski definition) is 8. The summed E-state index contributed by atoms with van der Waals surface area (Å²) < 4.78 is 23.0. The predicted octanol–water partition coefficient (Wildman–Crippen LogP) is 0.304. The molecule has 8 nitrogen and oxygen atoms in total. The maximum Gasteiger partial charge on any atom is 0.302 e. The van der Waals surface area contributed by atoms with Gasteiger partial charge in [0, 0.05) is 20.3 Å². The average molecular weight is 380 g/mol. The molecule has 4 aliphatic rings. The van der Waals surface area contributed by atoms with Crippen LogP contribution in [0, 0.1) is 10.8 Å². The molecule has 0 aromatic rings. The molecule has 4 rings (SSSR count). The van der Waals surface area contributed by atoms with Crippen LogP contribution in [0.25, 0.3) is 0 Å². The molecule has 27 heavy (non-hydrogen) atoms. The highest BCUT2D eigenvalue weighted by molar-refractivity contribution is 6.00. The van der Waals surface area contributed by atoms with Gasteiger partial charge in [0.15, 0.2) is 5.78 Å². The van der Waals surface area contributed by atoms with Crippen LogP contribution in [0.3, 0.4) is 0 Å². The van der Waals surface area contributed by atoms with Crippen LogP contribution in [0.4, 0.5) is 0 Å². The van der Waals surface area contributed by atoms with Crippen LogP contribution >= 0.6 is 0 Å². The lowest BCUT2D eigenvalue weighted by atomic mass is 9.50. The van der Waals surface area contributed by atoms with Gasteiger partial charge < -0.3 is 24.1 Å². The summed E-state index contributed by atoms with van der Waals surface area (Å²) in [6.45, 7) is 6.17. The van der Waals surface area contributed by atoms with Crippen molar-refractivity contribution in [2.45, 2.75) is 64.1 Å². The van der Waals surface area contributed by atoms with E-state index in [0.29, 0.717) is 18.6 Å². The van der Waals surface area contributed by atoms with Gasteiger partial charge in [-0.15, -0.1) is 0 Å². The Morgan fingerprint density at radius 3 is 2.56 bits per heavy atom. The van der Waals surface area contributed by atoms with E-state index in [4.69, 9.17) is 18.9 Å². The van der Waals surface area contributed by atoms with Gasteiger partial charge in [-0.3, -0.25) is 14.4 Å². The molecule has 2 aliphatic carbocycles. The number of esters is 2. The predicted molar refractivity (Wildman–Crippen MR) is 89.5 cm³/mol. The Bertz CT molecular complexity index is 753. The first kappa shape index (κ1) is 18.6. The summed E-state index contributed by atoms with van der Waals surface area (Å²) in [7, 11) is 0. The molecule has 3 fully saturated rings. The molecule has 2 saturated heterocycles. The van der Waals surface area contributed by atoms with Gasteiger partial charge in [0.05, 0.1) is 29.6 Å². The number of hydrogen-bond donors (Lipinski definition) is 1. The molecule has 8 heteroatoms. The Balaban J connectivity index is 1.91. The van der Waals surface area contributed by atoms with Crippen LogP contribution in [0.15, 0.2) is 11.6 Å². The van der Waals surface area contributed by atoms with Gasteiger partial charge in [0.1, 0.15) is 24.4 Å². The van der Waals surface area contributed by atoms with Gasteiger partial charge in [-0.25, -0.2) is 0 Å². The smallest absolute Gasteiger partial charge is 0.302 e. The van der Waals surface area contributed by atoms with E-state index in [9.17, 15) is 19.5 Å². The van der Waals surface area contributed by atoms with Crippen molar-refractivity contribution in [3.8, 4) is 0 Å². The summed E-state index contributed by atoms with van der Waals surface area (Å²) in [4.78, 5) is 36.1. The van der Waals surface area contributed by atoms with Crippen LogP contribution in [0.1, 0.15) is 34.1 Å². The molecule has 148 valence electrons. The van der Waals surface area contributed by atoms with E-state index in [0.717, 1.165) is 0 Å². The van der Waals surface area contributed by atoms with E-state index in [1.165, 1.54) is 13.8 Å². The Kier molecular flexibility index (Phi) is 3.87. The van der Waals surface area contributed by atoms with Crippen LogP contribution in [-0.4, -0.2) is 66.1 Å². The van der Waals surface area contributed by atoms with Crippen molar-refractivity contribution >= 4 is 17.7 Å². The summed E-state index contributed by atoms with van der Waals surface area (Å²) in [6.07, 6.45) is -1.06. The fraction of sp³-hybridized carbons (Fsp3) is 0.737. The SMILES string of the molecule is CC(=O)OC[C@]12[C@H](O)C(=O)C(C)=C[C@H]1O[C@@H]1C[C@@H](OC(C)=O)[C@@]2(C)[C@]12CO2. The molecule has 1 spiro atoms. The summed E-state index contributed by atoms with van der Waals surface area (Å²) in [5.41, 5.74) is -2.69. The van der Waals surface area contributed by atoms with Crippen molar-refractivity contribution < 1.29 is 38.4 Å². The molecular weight excluding hydrogens is 356 g/mol. The molecule has 1 saturated carbocycles. The van der Waals surface area contributed by atoms with Gasteiger partial charge in [0.2, 0.25) is 0 Å². The average Bonchev–Trinajstić information content (AvgIpc) is 3.35. The van der Waals surface area contributed by atoms with Crippen molar-refractivity contribution in [1.82, 2.24) is 0 Å². The number of ketones is 1. The zero-order chi connectivity index (χ0) is 19.8. The minimum absolute atomic E-state index is 0.240. The Morgan fingerprint density at radius 1 is 1.33 bits per heavy atom. The first-order valence-corrected chi connectivity index (χ1v) is 9.11. The maximum atomic E-state index is 12.7. The highest BCUT2D eigenvalue weighted by Gasteiger charge is 2.85. The number of fused-ring (bicyclic) bond motifs is 2. The number of aliphatic hydroxyl groups is 1. The van der Waals surface area contributed by atoms with Crippen LogP contribution in [-0.2, 0) is 33.3 Å².